The van der Waals surface area contributed by atoms with Gasteiger partial charge in [-0.3, -0.25) is 4.79 Å². The van der Waals surface area contributed by atoms with Crippen molar-refractivity contribution in [2.75, 3.05) is 13.1 Å². The number of nitrogens with zero attached hydrogens (tertiary/aromatic N) is 2. The Hall–Kier alpha value is -1.43. The lowest BCUT2D eigenvalue weighted by Gasteiger charge is -2.19. The van der Waals surface area contributed by atoms with Crippen LogP contribution in [-0.2, 0) is 16.0 Å². The van der Waals surface area contributed by atoms with Gasteiger partial charge in [-0.15, -0.1) is 0 Å². The minimum atomic E-state index is -0.441. The molecule has 6 heteroatoms. The second-order valence-electron chi connectivity index (χ2n) is 4.74. The zero-order valence-electron chi connectivity index (χ0n) is 10.7. The molecule has 0 aromatic carbocycles. The van der Waals surface area contributed by atoms with Gasteiger partial charge in [0.2, 0.25) is 5.89 Å². The highest BCUT2D eigenvalue weighted by Gasteiger charge is 2.15. The number of carbonyl (C=O) groups excluding carboxylic acids is 1. The van der Waals surface area contributed by atoms with Gasteiger partial charge in [0, 0.05) is 19.9 Å². The molecule has 0 saturated heterocycles. The molecule has 0 saturated carbocycles. The number of ether oxygens (including phenoxy) is 1. The first kappa shape index (κ1) is 13.6. The highest BCUT2D eigenvalue weighted by molar-refractivity contribution is 5.72. The quantitative estimate of drug-likeness (QED) is 0.608. The van der Waals surface area contributed by atoms with Crippen LogP contribution in [0.5, 0.6) is 0 Å². The van der Waals surface area contributed by atoms with E-state index in [1.807, 2.05) is 20.8 Å². The molecule has 0 bridgehead atoms. The maximum Gasteiger partial charge on any atom is 0.320 e. The fraction of sp³-hybridized carbons (Fsp3) is 0.727. The predicted octanol–water partition coefficient (Wildman–Crippen LogP) is 0.852. The van der Waals surface area contributed by atoms with Crippen LogP contribution in [0.2, 0.25) is 0 Å². The van der Waals surface area contributed by atoms with Crippen molar-refractivity contribution in [1.29, 1.82) is 0 Å². The van der Waals surface area contributed by atoms with Gasteiger partial charge in [-0.25, -0.2) is 0 Å². The second-order valence-corrected chi connectivity index (χ2v) is 4.74. The van der Waals surface area contributed by atoms with E-state index in [0.29, 0.717) is 24.7 Å². The summed E-state index contributed by atoms with van der Waals surface area (Å²) >= 11 is 0. The summed E-state index contributed by atoms with van der Waals surface area (Å²) in [6.45, 7) is 8.06. The van der Waals surface area contributed by atoms with Crippen LogP contribution in [0.25, 0.3) is 0 Å². The molecule has 6 nitrogen and oxygen atoms in total. The van der Waals surface area contributed by atoms with Crippen LogP contribution in [0.4, 0.5) is 0 Å². The molecule has 1 rings (SSSR count). The third-order valence-corrected chi connectivity index (χ3v) is 1.78. The van der Waals surface area contributed by atoms with Crippen LogP contribution in [0, 0.1) is 6.92 Å². The lowest BCUT2D eigenvalue weighted by Crippen LogP contribution is -2.32. The molecule has 1 aromatic heterocycles. The minimum absolute atomic E-state index is 0.189. The van der Waals surface area contributed by atoms with E-state index < -0.39 is 5.60 Å². The molecular weight excluding hydrogens is 222 g/mol. The average Bonchev–Trinajstić information content (AvgIpc) is 2.56. The maximum atomic E-state index is 11.3. The van der Waals surface area contributed by atoms with Gasteiger partial charge in [-0.1, -0.05) is 5.16 Å². The Balaban J connectivity index is 2.14. The summed E-state index contributed by atoms with van der Waals surface area (Å²) in [4.78, 5) is 15.4. The Morgan fingerprint density at radius 3 is 2.71 bits per heavy atom. The molecule has 1 heterocycles. The summed E-state index contributed by atoms with van der Waals surface area (Å²) in [7, 11) is 0. The Labute approximate surface area is 101 Å². The number of hydrogen-bond donors (Lipinski definition) is 1. The van der Waals surface area contributed by atoms with E-state index in [2.05, 4.69) is 15.5 Å². The zero-order valence-corrected chi connectivity index (χ0v) is 10.7. The molecular formula is C11H19N3O3. The number of nitrogens with one attached hydrogen (secondary N) is 1. The van der Waals surface area contributed by atoms with Crippen molar-refractivity contribution < 1.29 is 14.1 Å². The van der Waals surface area contributed by atoms with Crippen molar-refractivity contribution >= 4 is 5.97 Å². The number of hydrogen-bond acceptors (Lipinski definition) is 6. The van der Waals surface area contributed by atoms with Crippen molar-refractivity contribution in [3.63, 3.8) is 0 Å². The summed E-state index contributed by atoms with van der Waals surface area (Å²) in [5.41, 5.74) is -0.441. The van der Waals surface area contributed by atoms with E-state index in [0.717, 1.165) is 0 Å². The van der Waals surface area contributed by atoms with E-state index >= 15 is 0 Å². The van der Waals surface area contributed by atoms with Gasteiger partial charge in [-0.05, 0) is 20.8 Å². The highest BCUT2D eigenvalue weighted by atomic mass is 16.6. The predicted molar refractivity (Wildman–Crippen MR) is 61.5 cm³/mol. The molecule has 0 spiro atoms. The van der Waals surface area contributed by atoms with Crippen LogP contribution >= 0.6 is 0 Å². The van der Waals surface area contributed by atoms with E-state index in [1.54, 1.807) is 6.92 Å². The molecule has 0 radical (unpaired) electrons. The number of aryl methyl sites for hydroxylation is 1. The molecule has 0 amide bonds. The first-order valence-corrected chi connectivity index (χ1v) is 5.58. The van der Waals surface area contributed by atoms with E-state index in [-0.39, 0.29) is 12.5 Å². The van der Waals surface area contributed by atoms with Crippen LogP contribution in [-0.4, -0.2) is 34.8 Å². The molecule has 96 valence electrons. The van der Waals surface area contributed by atoms with Gasteiger partial charge in [-0.2, -0.15) is 4.98 Å². The summed E-state index contributed by atoms with van der Waals surface area (Å²) in [5, 5.41) is 6.72. The molecule has 0 aliphatic rings. The first-order valence-electron chi connectivity index (χ1n) is 5.58. The Morgan fingerprint density at radius 1 is 1.47 bits per heavy atom. The third kappa shape index (κ3) is 6.01. The minimum Gasteiger partial charge on any atom is -0.459 e. The third-order valence-electron chi connectivity index (χ3n) is 1.78. The van der Waals surface area contributed by atoms with Gasteiger partial charge in [0.15, 0.2) is 5.82 Å². The van der Waals surface area contributed by atoms with Crippen LogP contribution in [0.1, 0.15) is 32.5 Å². The fourth-order valence-corrected chi connectivity index (χ4v) is 1.21. The second kappa shape index (κ2) is 5.77. The number of aromatic nitrogens is 2. The number of carbonyl (C=O) groups is 1. The first-order chi connectivity index (χ1) is 7.87. The van der Waals surface area contributed by atoms with Crippen LogP contribution < -0.4 is 5.32 Å². The molecule has 1 aromatic rings. The number of esters is 1. The zero-order chi connectivity index (χ0) is 12.9. The van der Waals surface area contributed by atoms with Crippen LogP contribution in [0.3, 0.4) is 0 Å². The van der Waals surface area contributed by atoms with Crippen molar-refractivity contribution in [2.24, 2.45) is 0 Å². The highest BCUT2D eigenvalue weighted by Crippen LogP contribution is 2.06. The van der Waals surface area contributed by atoms with E-state index in [4.69, 9.17) is 9.26 Å². The van der Waals surface area contributed by atoms with Crippen molar-refractivity contribution in [1.82, 2.24) is 15.5 Å². The van der Waals surface area contributed by atoms with Crippen molar-refractivity contribution in [2.45, 2.75) is 39.7 Å². The SMILES string of the molecule is Cc1nc(CCNCC(=O)OC(C)(C)C)no1. The summed E-state index contributed by atoms with van der Waals surface area (Å²) < 4.78 is 9.97. The Kier molecular flexibility index (Phi) is 4.62. The van der Waals surface area contributed by atoms with Gasteiger partial charge in [0.05, 0.1) is 6.54 Å². The molecule has 0 unspecified atom stereocenters. The van der Waals surface area contributed by atoms with Gasteiger partial charge >= 0.3 is 5.97 Å². The average molecular weight is 241 g/mol. The lowest BCUT2D eigenvalue weighted by molar-refractivity contribution is -0.153. The molecule has 0 atom stereocenters. The molecule has 0 aliphatic heterocycles. The number of rotatable bonds is 5. The molecule has 1 N–H and O–H groups in total. The largest absolute Gasteiger partial charge is 0.459 e. The summed E-state index contributed by atoms with van der Waals surface area (Å²) in [5.74, 6) is 0.924. The molecule has 0 aliphatic carbocycles. The topological polar surface area (TPSA) is 77.2 Å². The smallest absolute Gasteiger partial charge is 0.320 e. The fourth-order valence-electron chi connectivity index (χ4n) is 1.21. The Bertz CT molecular complexity index is 368. The summed E-state index contributed by atoms with van der Waals surface area (Å²) in [6.07, 6.45) is 0.625. The monoisotopic (exact) mass is 241 g/mol. The molecule has 17 heavy (non-hydrogen) atoms. The van der Waals surface area contributed by atoms with Gasteiger partial charge < -0.3 is 14.6 Å². The van der Waals surface area contributed by atoms with E-state index in [1.165, 1.54) is 0 Å². The maximum absolute atomic E-state index is 11.3. The van der Waals surface area contributed by atoms with Gasteiger partial charge in [0.25, 0.3) is 0 Å². The van der Waals surface area contributed by atoms with Gasteiger partial charge in [0.1, 0.15) is 5.60 Å². The van der Waals surface area contributed by atoms with Crippen molar-refractivity contribution in [3.05, 3.63) is 11.7 Å². The lowest BCUT2D eigenvalue weighted by atomic mass is 10.2. The Morgan fingerprint density at radius 2 is 2.18 bits per heavy atom. The summed E-state index contributed by atoms with van der Waals surface area (Å²) in [6, 6.07) is 0. The standard InChI is InChI=1S/C11H19N3O3/c1-8-13-9(14-17-8)5-6-12-7-10(15)16-11(2,3)4/h12H,5-7H2,1-4H3. The van der Waals surface area contributed by atoms with Crippen molar-refractivity contribution in [3.8, 4) is 0 Å². The normalized spacial score (nSPS) is 11.5. The molecule has 0 fully saturated rings. The van der Waals surface area contributed by atoms with Crippen LogP contribution in [0.15, 0.2) is 4.52 Å². The van der Waals surface area contributed by atoms with E-state index in [9.17, 15) is 4.79 Å².